The number of nitrogens with zero attached hydrogens (tertiary/aromatic N) is 20. The highest BCUT2D eigenvalue weighted by atomic mass is 19.4. The molecule has 8 atom stereocenters. The lowest BCUT2D eigenvalue weighted by molar-refractivity contribution is -0.176. The van der Waals surface area contributed by atoms with Gasteiger partial charge in [0.1, 0.15) is 29.1 Å². The van der Waals surface area contributed by atoms with Gasteiger partial charge in [-0.15, -0.1) is 0 Å². The first-order valence-corrected chi connectivity index (χ1v) is 42.9. The molecule has 38 heteroatoms. The summed E-state index contributed by atoms with van der Waals surface area (Å²) in [7, 11) is 0. The second-order valence-electron chi connectivity index (χ2n) is 33.7. The van der Waals surface area contributed by atoms with Crippen LogP contribution in [0.1, 0.15) is 106 Å². The van der Waals surface area contributed by atoms with Crippen molar-refractivity contribution in [1.29, 1.82) is 0 Å². The van der Waals surface area contributed by atoms with Crippen LogP contribution >= 0.6 is 0 Å². The normalized spacial score (nSPS) is 22.2. The zero-order valence-electron chi connectivity index (χ0n) is 69.4. The van der Waals surface area contributed by atoms with Gasteiger partial charge in [-0.05, 0) is 194 Å². The Morgan fingerprint density at radius 2 is 0.865 bits per heavy atom. The Morgan fingerprint density at radius 1 is 0.389 bits per heavy atom. The summed E-state index contributed by atoms with van der Waals surface area (Å²) in [6, 6.07) is 31.2. The van der Waals surface area contributed by atoms with E-state index in [2.05, 4.69) is 76.8 Å². The molecule has 11 aliphatic heterocycles. The molecule has 28 nitrogen and oxygen atoms in total. The van der Waals surface area contributed by atoms with Crippen molar-refractivity contribution in [1.82, 2.24) is 49.8 Å². The number of rotatable bonds is 9. The number of carbonyl (C=O) groups excluding carboxylic acids is 4. The Balaban J connectivity index is 0.000000119. The number of pyridine rings is 6. The van der Waals surface area contributed by atoms with Crippen LogP contribution in [-0.4, -0.2) is 202 Å². The van der Waals surface area contributed by atoms with Crippen molar-refractivity contribution in [3.05, 3.63) is 169 Å². The lowest BCUT2D eigenvalue weighted by Crippen LogP contribution is -2.56. The molecule has 4 N–H and O–H groups in total. The summed E-state index contributed by atoms with van der Waals surface area (Å²) in [4.78, 5) is 116. The molecule has 7 saturated heterocycles. The summed E-state index contributed by atoms with van der Waals surface area (Å²) >= 11 is 0. The first-order chi connectivity index (χ1) is 60.7. The van der Waals surface area contributed by atoms with Crippen molar-refractivity contribution in [3.8, 4) is 11.3 Å². The van der Waals surface area contributed by atoms with Gasteiger partial charge in [0.15, 0.2) is 23.3 Å². The highest BCUT2D eigenvalue weighted by molar-refractivity contribution is 6.06. The molecule has 7 amide bonds. The number of aryl methyl sites for hydroxylation is 2. The maximum Gasteiger partial charge on any atom is 0.393 e. The third-order valence-corrected chi connectivity index (χ3v) is 25.3. The van der Waals surface area contributed by atoms with E-state index in [9.17, 15) is 63.1 Å². The summed E-state index contributed by atoms with van der Waals surface area (Å²) in [5.41, 5.74) is 8.65. The number of urea groups is 3. The number of hydrogen-bond donors (Lipinski definition) is 4. The molecule has 1 aromatic carbocycles. The first-order valence-electron chi connectivity index (χ1n) is 42.9. The number of fused-ring (bicyclic) bond motifs is 16. The molecule has 8 aromatic heterocycles. The lowest BCUT2D eigenvalue weighted by atomic mass is 9.84. The van der Waals surface area contributed by atoms with Gasteiger partial charge in [0.05, 0.1) is 94.0 Å². The highest BCUT2D eigenvalue weighted by Crippen LogP contribution is 2.48. The number of nitrogens with one attached hydrogen (secondary N) is 4. The predicted molar refractivity (Wildman–Crippen MR) is 459 cm³/mol. The molecule has 662 valence electrons. The largest absolute Gasteiger partial charge is 0.393 e. The second kappa shape index (κ2) is 36.2. The molecule has 0 radical (unpaired) electrons. The molecular weight excluding hydrogens is 1650 g/mol. The number of amides is 7. The van der Waals surface area contributed by atoms with Crippen LogP contribution in [-0.2, 0) is 4.79 Å². The number of halogens is 10. The van der Waals surface area contributed by atoms with Gasteiger partial charge >= 0.3 is 36.6 Å². The summed E-state index contributed by atoms with van der Waals surface area (Å²) in [6.07, 6.45) is 4.48. The molecule has 9 aromatic rings. The van der Waals surface area contributed by atoms with Gasteiger partial charge in [0.25, 0.3) is 0 Å². The van der Waals surface area contributed by atoms with Crippen LogP contribution in [0.25, 0.3) is 11.3 Å². The molecule has 7 fully saturated rings. The van der Waals surface area contributed by atoms with Crippen molar-refractivity contribution in [2.45, 2.75) is 140 Å². The van der Waals surface area contributed by atoms with Gasteiger partial charge in [-0.25, -0.2) is 58.6 Å². The Kier molecular flexibility index (Phi) is 24.6. The first kappa shape index (κ1) is 85.6. The molecule has 11 aliphatic rings. The van der Waals surface area contributed by atoms with E-state index in [0.717, 1.165) is 141 Å². The van der Waals surface area contributed by atoms with Gasteiger partial charge in [-0.1, -0.05) is 18.2 Å². The average Bonchev–Trinajstić information content (AvgIpc) is 0.927. The zero-order valence-corrected chi connectivity index (χ0v) is 69.4. The van der Waals surface area contributed by atoms with E-state index in [-0.39, 0.29) is 98.6 Å². The smallest absolute Gasteiger partial charge is 0.370 e. The second-order valence-corrected chi connectivity index (χ2v) is 33.7. The van der Waals surface area contributed by atoms with Crippen LogP contribution in [0.15, 0.2) is 146 Å². The molecule has 0 spiro atoms. The van der Waals surface area contributed by atoms with Crippen LogP contribution in [0, 0.1) is 43.3 Å². The molecule has 4 unspecified atom stereocenters. The van der Waals surface area contributed by atoms with Crippen LogP contribution in [0.5, 0.6) is 0 Å². The number of aromatic nitrogens is 10. The molecule has 20 rings (SSSR count). The van der Waals surface area contributed by atoms with Crippen molar-refractivity contribution in [2.24, 2.45) is 23.7 Å². The molecule has 8 bridgehead atoms. The fourth-order valence-corrected chi connectivity index (χ4v) is 19.1. The fourth-order valence-electron chi connectivity index (χ4n) is 19.1. The Labute approximate surface area is 720 Å². The lowest BCUT2D eigenvalue weighted by Gasteiger charge is -2.46. The summed E-state index contributed by atoms with van der Waals surface area (Å²) in [6.45, 7) is 11.5. The highest BCUT2D eigenvalue weighted by Gasteiger charge is 2.49. The Bertz CT molecular complexity index is 5260. The summed E-state index contributed by atoms with van der Waals surface area (Å²) in [5.74, 6) is -1.02. The number of carbonyl (C=O) groups is 4. The Morgan fingerprint density at radius 3 is 1.35 bits per heavy atom. The minimum Gasteiger partial charge on any atom is -0.370 e. The predicted octanol–water partition coefficient (Wildman–Crippen LogP) is 16.1. The molecule has 0 saturated carbocycles. The zero-order chi connectivity index (χ0) is 87.7. The van der Waals surface area contributed by atoms with E-state index >= 15 is 0 Å². The monoisotopic (exact) mass is 1740 g/mol. The van der Waals surface area contributed by atoms with E-state index in [1.165, 1.54) is 12.1 Å². The SMILES string of the molecule is Cc1cc(-c2ccc3c(n2)C(C(=O)Nc2cncc(C)n2)[C@H]2CCN3C2)ccn1.O=C(Nc1ccc(F)cn1)N1c2nc(N3CCCC(C(F)(F)F)C3)ccc2N2CCC[C@H]1C2.O=C(Nc1ccccc1)N1c2nc(N3CCCC(C(F)(F)F)C3)ccc2N2CCC[C@H]1C2.O=C(Nc1ncccn1)N1c2nc(N3CCCC(C(F)(F)F)C3)ccc2N2CCC[C@H]1C2. The Hall–Kier alpha value is -12.5. The fraction of sp³-hybridized carbons (Fsp3) is 0.455. The minimum atomic E-state index is -4.25. The number of piperidine rings is 6. The topological polar surface area (TPSA) is 278 Å². The van der Waals surface area contributed by atoms with E-state index in [1.54, 1.807) is 84.6 Å². The average molecular weight is 1740 g/mol. The number of anilines is 14. The van der Waals surface area contributed by atoms with Crippen LogP contribution < -0.4 is 70.3 Å². The van der Waals surface area contributed by atoms with Gasteiger partial charge in [0, 0.05) is 133 Å². The minimum absolute atomic E-state index is 0.0213. The third-order valence-electron chi connectivity index (χ3n) is 25.3. The number of hydrogen-bond acceptors (Lipinski definition) is 21. The van der Waals surface area contributed by atoms with Crippen molar-refractivity contribution in [2.75, 3.05) is 162 Å². The van der Waals surface area contributed by atoms with Crippen LogP contribution in [0.2, 0.25) is 0 Å². The number of benzene rings is 1. The van der Waals surface area contributed by atoms with Crippen molar-refractivity contribution in [3.63, 3.8) is 0 Å². The number of para-hydroxylation sites is 1. The summed E-state index contributed by atoms with van der Waals surface area (Å²) in [5, 5.41) is 11.3. The van der Waals surface area contributed by atoms with Crippen LogP contribution in [0.3, 0.4) is 0 Å². The maximum absolute atomic E-state index is 13.3. The quantitative estimate of drug-likeness (QED) is 0.0977. The van der Waals surface area contributed by atoms with Gasteiger partial charge in [0.2, 0.25) is 11.9 Å². The van der Waals surface area contributed by atoms with E-state index in [4.69, 9.17) is 19.9 Å². The molecule has 0 aliphatic carbocycles. The van der Waals surface area contributed by atoms with Gasteiger partial charge < -0.3 is 44.9 Å². The van der Waals surface area contributed by atoms with Crippen molar-refractivity contribution < 1.29 is 63.1 Å². The summed E-state index contributed by atoms with van der Waals surface area (Å²) < 4.78 is 133. The maximum atomic E-state index is 13.3. The van der Waals surface area contributed by atoms with Gasteiger partial charge in [-0.2, -0.15) is 39.5 Å². The molecular formula is C88H96F10N24O4. The standard InChI is InChI=1S/C23H26F3N5O.C22H24F4N6O.C22H22N6O.C21H24F3N7O/c24-23(25,26)16-6-4-13-30(14-16)20-11-10-19-21(28-20)31(18-9-5-12-29(19)15-18)22(32)27-17-7-2-1-3-8-17;23-15-5-7-18(27-11-15)28-21(33)32-16-4-2-9-30(13-16)17-6-8-19(29-20(17)32)31-10-1-3-14(12-31)22(24,25)26;1-13-9-15(5-7-24-13)17-3-4-18-21(26-17)20(16-6-8-28(18)12-16)22(29)27-19-11-23-10-14(2)25-19;22-21(23,24)14-4-1-11-30(12-14)17-7-6-16-18(27-17)31(15-5-2-10-29(16)13-15)20(32)28-19-25-8-3-9-26-19/h1-3,7-8,10-11,16,18H,4-6,9,12-15H2,(H,27,32);5-8,11,14,16H,1-4,9-10,12-13H2,(H,27,28,33);3-5,7,9-11,16,20H,6,8,12H2,1-2H3,(H,25,27,29);3,6-9,14-15H,1-2,4-5,10-13H2,(H,25,26,28,32)/t16?,18-;14?,16-;16-,20?;14?,15-/m0000/s1. The van der Waals surface area contributed by atoms with Gasteiger partial charge in [-0.3, -0.25) is 40.1 Å². The third kappa shape index (κ3) is 18.9. The van der Waals surface area contributed by atoms with E-state index in [1.807, 2.05) is 80.6 Å². The van der Waals surface area contributed by atoms with Crippen molar-refractivity contribution >= 4 is 105 Å². The number of alkyl halides is 9. The molecule has 19 heterocycles. The van der Waals surface area contributed by atoms with E-state index < -0.39 is 48.1 Å². The molecule has 126 heavy (non-hydrogen) atoms. The van der Waals surface area contributed by atoms with Crippen LogP contribution in [0.4, 0.5) is 139 Å². The van der Waals surface area contributed by atoms with E-state index in [0.29, 0.717) is 98.4 Å².